The van der Waals surface area contributed by atoms with Crippen LogP contribution in [0.15, 0.2) is 12.2 Å². The Morgan fingerprint density at radius 2 is 1.06 bits per heavy atom. The third kappa shape index (κ3) is 38.3. The molecule has 0 aliphatic heterocycles. The van der Waals surface area contributed by atoms with Crippen molar-refractivity contribution in [2.75, 3.05) is 54.1 Å². The third-order valence-corrected chi connectivity index (χ3v) is 9.81. The zero-order valence-corrected chi connectivity index (χ0v) is 33.8. The lowest BCUT2D eigenvalue weighted by molar-refractivity contribution is -0.870. The van der Waals surface area contributed by atoms with E-state index in [0.717, 1.165) is 32.1 Å². The van der Waals surface area contributed by atoms with Crippen LogP contribution in [0.4, 0.5) is 0 Å². The average Bonchev–Trinajstić information content (AvgIpc) is 3.04. The van der Waals surface area contributed by atoms with Crippen LogP contribution in [0.3, 0.4) is 0 Å². The molecule has 2 atom stereocenters. The van der Waals surface area contributed by atoms with E-state index in [1.807, 2.05) is 21.1 Å². The molecule has 292 valence electrons. The molecule has 0 heterocycles. The molecule has 0 aliphatic rings. The Morgan fingerprint density at radius 3 is 1.55 bits per heavy atom. The van der Waals surface area contributed by atoms with Crippen molar-refractivity contribution < 1.29 is 37.3 Å². The van der Waals surface area contributed by atoms with Gasteiger partial charge < -0.3 is 18.9 Å². The molecule has 0 saturated heterocycles. The van der Waals surface area contributed by atoms with Gasteiger partial charge in [0.2, 0.25) is 0 Å². The molecular weight excluding hydrogens is 637 g/mol. The fraction of sp³-hybridized carbons (Fsp3) is 0.925. The summed E-state index contributed by atoms with van der Waals surface area (Å²) in [5, 5.41) is 0. The maximum Gasteiger partial charge on any atom is 0.472 e. The summed E-state index contributed by atoms with van der Waals surface area (Å²) in [6.07, 6.45) is 35.2. The van der Waals surface area contributed by atoms with Crippen LogP contribution in [0.2, 0.25) is 0 Å². The van der Waals surface area contributed by atoms with E-state index in [0.29, 0.717) is 24.1 Å². The van der Waals surface area contributed by atoms with E-state index in [1.54, 1.807) is 0 Å². The largest absolute Gasteiger partial charge is 0.472 e. The third-order valence-electron chi connectivity index (χ3n) is 8.83. The van der Waals surface area contributed by atoms with Crippen LogP contribution in [0, 0.1) is 0 Å². The summed E-state index contributed by atoms with van der Waals surface area (Å²) >= 11 is 0. The first-order valence-corrected chi connectivity index (χ1v) is 21.9. The molecule has 49 heavy (non-hydrogen) atoms. The van der Waals surface area contributed by atoms with Gasteiger partial charge in [-0.15, -0.1) is 0 Å². The number of likely N-dealkylation sites (N-methyl/N-ethyl adjacent to an activating group) is 1. The van der Waals surface area contributed by atoms with Crippen LogP contribution in [0.5, 0.6) is 0 Å². The first kappa shape index (κ1) is 48.2. The van der Waals surface area contributed by atoms with Gasteiger partial charge in [-0.25, -0.2) is 4.57 Å². The molecule has 9 heteroatoms. The number of hydrogen-bond acceptors (Lipinski definition) is 6. The summed E-state index contributed by atoms with van der Waals surface area (Å²) in [5.74, 6) is -0.315. The van der Waals surface area contributed by atoms with Crippen LogP contribution in [-0.4, -0.2) is 75.6 Å². The highest BCUT2D eigenvalue weighted by atomic mass is 31.2. The zero-order chi connectivity index (χ0) is 36.3. The predicted molar refractivity (Wildman–Crippen MR) is 206 cm³/mol. The van der Waals surface area contributed by atoms with Gasteiger partial charge in [0.05, 0.1) is 34.4 Å². The van der Waals surface area contributed by atoms with Crippen molar-refractivity contribution >= 4 is 13.8 Å². The summed E-state index contributed by atoms with van der Waals surface area (Å²) in [7, 11) is 1.67. The quantitative estimate of drug-likeness (QED) is 0.0223. The summed E-state index contributed by atoms with van der Waals surface area (Å²) in [6, 6.07) is 0. The number of quaternary nitrogens is 1. The number of rotatable bonds is 38. The lowest BCUT2D eigenvalue weighted by Crippen LogP contribution is -2.37. The van der Waals surface area contributed by atoms with Gasteiger partial charge in [0, 0.05) is 13.0 Å². The maximum absolute atomic E-state index is 12.6. The molecule has 0 aromatic carbocycles. The van der Waals surface area contributed by atoms with E-state index in [4.69, 9.17) is 18.5 Å². The van der Waals surface area contributed by atoms with Gasteiger partial charge in [0.1, 0.15) is 19.3 Å². The molecule has 8 nitrogen and oxygen atoms in total. The van der Waals surface area contributed by atoms with Gasteiger partial charge in [-0.1, -0.05) is 148 Å². The Labute approximate surface area is 303 Å². The van der Waals surface area contributed by atoms with Gasteiger partial charge in [-0.2, -0.15) is 0 Å². The second kappa shape index (κ2) is 34.3. The minimum atomic E-state index is -4.26. The summed E-state index contributed by atoms with van der Waals surface area (Å²) < 4.78 is 34.9. The maximum atomic E-state index is 12.6. The topological polar surface area (TPSA) is 91.3 Å². The molecule has 0 saturated carbocycles. The number of nitrogens with zero attached hydrogens (tertiary/aromatic N) is 1. The van der Waals surface area contributed by atoms with Crippen molar-refractivity contribution in [2.24, 2.45) is 0 Å². The van der Waals surface area contributed by atoms with Crippen molar-refractivity contribution in [3.63, 3.8) is 0 Å². The van der Waals surface area contributed by atoms with Crippen LogP contribution < -0.4 is 0 Å². The van der Waals surface area contributed by atoms with E-state index in [1.165, 1.54) is 128 Å². The van der Waals surface area contributed by atoms with Crippen molar-refractivity contribution in [3.8, 4) is 0 Å². The molecule has 0 aromatic rings. The number of allylic oxidation sites excluding steroid dienone is 2. The SMILES string of the molecule is CCCCCCC/C=C\CCCCCCCCOCC(COP(=O)(O)OCC[N+](C)(C)C)OC(=O)CCCCCCCCCCCCCC. The van der Waals surface area contributed by atoms with E-state index in [-0.39, 0.29) is 25.8 Å². The highest BCUT2D eigenvalue weighted by Gasteiger charge is 2.26. The first-order chi connectivity index (χ1) is 23.6. The Kier molecular flexibility index (Phi) is 33.8. The second-order valence-electron chi connectivity index (χ2n) is 15.0. The molecule has 0 rings (SSSR count). The van der Waals surface area contributed by atoms with E-state index in [2.05, 4.69) is 26.0 Å². The molecular formula is C40H81NO7P+. The fourth-order valence-electron chi connectivity index (χ4n) is 5.61. The molecule has 0 amide bonds. The standard InChI is InChI=1S/C40H80NO7P/c1-6-8-10-12-14-16-18-20-21-22-24-26-28-30-32-35-45-37-39(38-47-49(43,44)46-36-34-41(3,4)5)48-40(42)33-31-29-27-25-23-19-17-15-13-11-9-7-2/h18,20,39H,6-17,19,21-38H2,1-5H3/p+1/b20-18-. The van der Waals surface area contributed by atoms with Crippen LogP contribution >= 0.6 is 7.82 Å². The van der Waals surface area contributed by atoms with E-state index >= 15 is 0 Å². The van der Waals surface area contributed by atoms with Gasteiger partial charge >= 0.3 is 13.8 Å². The number of carbonyl (C=O) groups is 1. The van der Waals surface area contributed by atoms with Crippen molar-refractivity contribution in [2.45, 2.75) is 187 Å². The van der Waals surface area contributed by atoms with Crippen molar-refractivity contribution in [1.82, 2.24) is 0 Å². The van der Waals surface area contributed by atoms with Crippen LogP contribution in [-0.2, 0) is 27.9 Å². The molecule has 0 aromatic heterocycles. The normalized spacial score (nSPS) is 14.0. The molecule has 0 bridgehead atoms. The predicted octanol–water partition coefficient (Wildman–Crippen LogP) is 11.5. The summed E-state index contributed by atoms with van der Waals surface area (Å²) in [6.45, 7) is 5.62. The van der Waals surface area contributed by atoms with E-state index in [9.17, 15) is 14.3 Å². The van der Waals surface area contributed by atoms with Gasteiger partial charge in [-0.05, 0) is 38.5 Å². The van der Waals surface area contributed by atoms with Crippen LogP contribution in [0.1, 0.15) is 181 Å². The molecule has 2 unspecified atom stereocenters. The molecule has 0 fully saturated rings. The van der Waals surface area contributed by atoms with Crippen molar-refractivity contribution in [3.05, 3.63) is 12.2 Å². The second-order valence-corrected chi connectivity index (χ2v) is 16.5. The van der Waals surface area contributed by atoms with Gasteiger partial charge in [-0.3, -0.25) is 13.8 Å². The highest BCUT2D eigenvalue weighted by molar-refractivity contribution is 7.47. The first-order valence-electron chi connectivity index (χ1n) is 20.4. The Bertz CT molecular complexity index is 802. The fourth-order valence-corrected chi connectivity index (χ4v) is 6.35. The Balaban J connectivity index is 4.26. The zero-order valence-electron chi connectivity index (χ0n) is 32.9. The number of hydrogen-bond donors (Lipinski definition) is 1. The van der Waals surface area contributed by atoms with E-state index < -0.39 is 13.9 Å². The monoisotopic (exact) mass is 719 g/mol. The highest BCUT2D eigenvalue weighted by Crippen LogP contribution is 2.43. The molecule has 0 radical (unpaired) electrons. The smallest absolute Gasteiger partial charge is 0.457 e. The van der Waals surface area contributed by atoms with Gasteiger partial charge in [0.25, 0.3) is 0 Å². The number of esters is 1. The Morgan fingerprint density at radius 1 is 0.612 bits per heavy atom. The number of ether oxygens (including phenoxy) is 2. The number of unbranched alkanes of at least 4 members (excludes halogenated alkanes) is 22. The number of phosphoric acid groups is 1. The summed E-state index contributed by atoms with van der Waals surface area (Å²) in [4.78, 5) is 22.8. The minimum absolute atomic E-state index is 0.0904. The van der Waals surface area contributed by atoms with Gasteiger partial charge in [0.15, 0.2) is 0 Å². The van der Waals surface area contributed by atoms with Crippen LogP contribution in [0.25, 0.3) is 0 Å². The average molecular weight is 719 g/mol. The molecule has 0 spiro atoms. The number of phosphoric ester groups is 1. The lowest BCUT2D eigenvalue weighted by atomic mass is 10.0. The summed E-state index contributed by atoms with van der Waals surface area (Å²) in [5.41, 5.74) is 0. The number of carbonyl (C=O) groups excluding carboxylic acids is 1. The molecule has 0 aliphatic carbocycles. The Hall–Kier alpha value is -0.760. The lowest BCUT2D eigenvalue weighted by Gasteiger charge is -2.24. The molecule has 1 N–H and O–H groups in total. The minimum Gasteiger partial charge on any atom is -0.457 e. The van der Waals surface area contributed by atoms with Crippen molar-refractivity contribution in [1.29, 1.82) is 0 Å².